The molecule has 3 rings (SSSR count). The highest BCUT2D eigenvalue weighted by Crippen LogP contribution is 2.29. The molecule has 1 aromatic carbocycles. The first-order valence-corrected chi connectivity index (χ1v) is 11.2. The van der Waals surface area contributed by atoms with E-state index in [-0.39, 0.29) is 23.6 Å². The predicted octanol–water partition coefficient (Wildman–Crippen LogP) is 5.17. The van der Waals surface area contributed by atoms with Crippen LogP contribution in [0, 0.1) is 5.82 Å². The fourth-order valence-electron chi connectivity index (χ4n) is 3.66. The van der Waals surface area contributed by atoms with Gasteiger partial charge in [-0.05, 0) is 24.1 Å². The van der Waals surface area contributed by atoms with Crippen LogP contribution in [0.15, 0.2) is 30.6 Å². The van der Waals surface area contributed by atoms with Crippen LogP contribution in [-0.4, -0.2) is 47.5 Å². The number of halogens is 3. The highest BCUT2D eigenvalue weighted by Gasteiger charge is 2.30. The smallest absolute Gasteiger partial charge is 0.278 e. The highest BCUT2D eigenvalue weighted by molar-refractivity contribution is 5.85. The Hall–Kier alpha value is -2.84. The van der Waals surface area contributed by atoms with Crippen LogP contribution in [0.3, 0.4) is 0 Å². The quantitative estimate of drug-likeness (QED) is 0.456. The van der Waals surface area contributed by atoms with Crippen LogP contribution < -0.4 is 14.4 Å². The average Bonchev–Trinajstić information content (AvgIpc) is 3.24. The van der Waals surface area contributed by atoms with Gasteiger partial charge in [0.25, 0.3) is 11.8 Å². The van der Waals surface area contributed by atoms with Gasteiger partial charge in [0.2, 0.25) is 5.82 Å². The lowest BCUT2D eigenvalue weighted by atomic mass is 9.94. The number of nitrogens with zero attached hydrogens (tertiary/aromatic N) is 3. The summed E-state index contributed by atoms with van der Waals surface area (Å²) in [7, 11) is 0. The minimum absolute atomic E-state index is 0.000263. The predicted molar refractivity (Wildman–Crippen MR) is 119 cm³/mol. The molecular weight excluding hydrogens is 435 g/mol. The lowest BCUT2D eigenvalue weighted by molar-refractivity contribution is -0.120. The maximum atomic E-state index is 14.7. The molecule has 0 saturated carbocycles. The lowest BCUT2D eigenvalue weighted by Gasteiger charge is -2.20. The van der Waals surface area contributed by atoms with Crippen molar-refractivity contribution in [3.05, 3.63) is 42.0 Å². The standard InChI is InChI=1S/C24H30F3N3O3/c1-4-5-6-20(31)16(2)17-7-9-18(10-8-17)33-19-11-12-30(13-19)22-21(25)23(29-15-28-22)32-14-24(3,26)27/h7-10,15-16,19H,4-6,11-14H2,1-3H3. The summed E-state index contributed by atoms with van der Waals surface area (Å²) in [5.74, 6) is -3.72. The maximum Gasteiger partial charge on any atom is 0.278 e. The number of hydrogen-bond donors (Lipinski definition) is 0. The zero-order chi connectivity index (χ0) is 24.0. The Morgan fingerprint density at radius 1 is 1.27 bits per heavy atom. The van der Waals surface area contributed by atoms with Crippen LogP contribution in [0.1, 0.15) is 57.9 Å². The molecule has 1 saturated heterocycles. The number of ether oxygens (including phenoxy) is 2. The molecule has 0 spiro atoms. The zero-order valence-corrected chi connectivity index (χ0v) is 19.2. The second-order valence-electron chi connectivity index (χ2n) is 8.51. The van der Waals surface area contributed by atoms with E-state index in [4.69, 9.17) is 9.47 Å². The van der Waals surface area contributed by atoms with Crippen molar-refractivity contribution in [2.45, 2.75) is 64.4 Å². The number of alkyl halides is 2. The van der Waals surface area contributed by atoms with Gasteiger partial charge in [-0.15, -0.1) is 0 Å². The molecule has 33 heavy (non-hydrogen) atoms. The third kappa shape index (κ3) is 6.82. The van der Waals surface area contributed by atoms with Crippen molar-refractivity contribution >= 4 is 11.6 Å². The second kappa shape index (κ2) is 10.9. The van der Waals surface area contributed by atoms with Gasteiger partial charge in [-0.25, -0.2) is 13.8 Å². The van der Waals surface area contributed by atoms with Gasteiger partial charge in [-0.3, -0.25) is 4.79 Å². The summed E-state index contributed by atoms with van der Waals surface area (Å²) < 4.78 is 51.6. The molecule has 1 fully saturated rings. The minimum Gasteiger partial charge on any atom is -0.489 e. The summed E-state index contributed by atoms with van der Waals surface area (Å²) in [4.78, 5) is 21.5. The number of ketones is 1. The third-order valence-electron chi connectivity index (χ3n) is 5.59. The summed E-state index contributed by atoms with van der Waals surface area (Å²) >= 11 is 0. The second-order valence-corrected chi connectivity index (χ2v) is 8.51. The van der Waals surface area contributed by atoms with Crippen LogP contribution in [0.25, 0.3) is 0 Å². The molecule has 1 aromatic heterocycles. The first-order chi connectivity index (χ1) is 15.7. The molecule has 0 bridgehead atoms. The van der Waals surface area contributed by atoms with Crippen molar-refractivity contribution in [1.82, 2.24) is 9.97 Å². The number of hydrogen-bond acceptors (Lipinski definition) is 6. The van der Waals surface area contributed by atoms with Crippen molar-refractivity contribution in [3.63, 3.8) is 0 Å². The summed E-state index contributed by atoms with van der Waals surface area (Å²) in [5, 5.41) is 0. The van der Waals surface area contributed by atoms with E-state index in [0.717, 1.165) is 24.7 Å². The van der Waals surface area contributed by atoms with Crippen molar-refractivity contribution in [3.8, 4) is 11.6 Å². The Labute approximate surface area is 192 Å². The van der Waals surface area contributed by atoms with Crippen LogP contribution in [-0.2, 0) is 4.79 Å². The maximum absolute atomic E-state index is 14.7. The number of benzene rings is 1. The van der Waals surface area contributed by atoms with Gasteiger partial charge in [-0.1, -0.05) is 32.4 Å². The summed E-state index contributed by atoms with van der Waals surface area (Å²) in [6.45, 7) is 4.57. The first-order valence-electron chi connectivity index (χ1n) is 11.2. The third-order valence-corrected chi connectivity index (χ3v) is 5.59. The number of unbranched alkanes of at least 4 members (excludes halogenated alkanes) is 1. The molecule has 0 radical (unpaired) electrons. The van der Waals surface area contributed by atoms with Gasteiger partial charge in [0.1, 0.15) is 24.0 Å². The van der Waals surface area contributed by atoms with E-state index in [1.54, 1.807) is 4.90 Å². The zero-order valence-electron chi connectivity index (χ0n) is 19.2. The van der Waals surface area contributed by atoms with E-state index in [9.17, 15) is 18.0 Å². The molecule has 1 aliphatic heterocycles. The molecule has 180 valence electrons. The van der Waals surface area contributed by atoms with Crippen molar-refractivity contribution in [2.24, 2.45) is 0 Å². The van der Waals surface area contributed by atoms with Crippen LogP contribution in [0.4, 0.5) is 19.0 Å². The number of carbonyl (C=O) groups is 1. The fourth-order valence-corrected chi connectivity index (χ4v) is 3.66. The number of carbonyl (C=O) groups excluding carboxylic acids is 1. The van der Waals surface area contributed by atoms with Gasteiger partial charge in [0, 0.05) is 32.2 Å². The Balaban J connectivity index is 1.58. The SMILES string of the molecule is CCCCC(=O)C(C)c1ccc(OC2CCN(c3ncnc(OCC(C)(F)F)c3F)C2)cc1. The van der Waals surface area contributed by atoms with E-state index in [1.165, 1.54) is 0 Å². The van der Waals surface area contributed by atoms with E-state index in [1.807, 2.05) is 31.2 Å². The summed E-state index contributed by atoms with van der Waals surface area (Å²) in [5.41, 5.74) is 0.949. The monoisotopic (exact) mass is 465 g/mol. The normalized spacial score (nSPS) is 17.2. The summed E-state index contributed by atoms with van der Waals surface area (Å²) in [6.07, 6.45) is 4.01. The molecule has 6 nitrogen and oxygen atoms in total. The molecule has 0 aliphatic carbocycles. The van der Waals surface area contributed by atoms with E-state index < -0.39 is 24.2 Å². The van der Waals surface area contributed by atoms with Crippen LogP contribution in [0.2, 0.25) is 0 Å². The van der Waals surface area contributed by atoms with Gasteiger partial charge < -0.3 is 14.4 Å². The Morgan fingerprint density at radius 2 is 2.00 bits per heavy atom. The molecular formula is C24H30F3N3O3. The van der Waals surface area contributed by atoms with E-state index in [2.05, 4.69) is 16.9 Å². The number of rotatable bonds is 11. The summed E-state index contributed by atoms with van der Waals surface area (Å²) in [6, 6.07) is 7.47. The van der Waals surface area contributed by atoms with Gasteiger partial charge in [0.05, 0.1) is 6.54 Å². The van der Waals surface area contributed by atoms with E-state index >= 15 is 0 Å². The van der Waals surface area contributed by atoms with Crippen molar-refractivity contribution in [1.29, 1.82) is 0 Å². The molecule has 2 aromatic rings. The molecule has 2 unspecified atom stereocenters. The fraction of sp³-hybridized carbons (Fsp3) is 0.542. The van der Waals surface area contributed by atoms with Gasteiger partial charge in [-0.2, -0.15) is 9.37 Å². The molecule has 2 heterocycles. The molecule has 9 heteroatoms. The van der Waals surface area contributed by atoms with Gasteiger partial charge >= 0.3 is 0 Å². The van der Waals surface area contributed by atoms with Crippen molar-refractivity contribution in [2.75, 3.05) is 24.6 Å². The Morgan fingerprint density at radius 3 is 2.67 bits per heavy atom. The highest BCUT2D eigenvalue weighted by atomic mass is 19.3. The number of anilines is 1. The topological polar surface area (TPSA) is 64.5 Å². The largest absolute Gasteiger partial charge is 0.489 e. The van der Waals surface area contributed by atoms with Gasteiger partial charge in [0.15, 0.2) is 12.4 Å². The number of aromatic nitrogens is 2. The molecule has 2 atom stereocenters. The Bertz CT molecular complexity index is 935. The first kappa shape index (κ1) is 24.8. The Kier molecular flexibility index (Phi) is 8.15. The van der Waals surface area contributed by atoms with Crippen LogP contribution >= 0.6 is 0 Å². The van der Waals surface area contributed by atoms with Crippen LogP contribution in [0.5, 0.6) is 11.6 Å². The molecule has 1 aliphatic rings. The average molecular weight is 466 g/mol. The van der Waals surface area contributed by atoms with E-state index in [0.29, 0.717) is 38.6 Å². The minimum atomic E-state index is -3.10. The molecule has 0 amide bonds. The number of Topliss-reactive ketones (excluding diaryl/α,β-unsaturated/α-hetero) is 1. The lowest BCUT2D eigenvalue weighted by Crippen LogP contribution is -2.27. The molecule has 0 N–H and O–H groups in total. The van der Waals surface area contributed by atoms with Crippen molar-refractivity contribution < 1.29 is 27.4 Å².